The Morgan fingerprint density at radius 3 is 2.46 bits per heavy atom. The van der Waals surface area contributed by atoms with Crippen LogP contribution in [0.4, 0.5) is 5.69 Å². The normalized spacial score (nSPS) is 18.7. The second-order valence-electron chi connectivity index (χ2n) is 17.7. The zero-order chi connectivity index (χ0) is 45.7. The molecule has 3 fully saturated rings. The number of piperazine rings is 1. The molecule has 0 radical (unpaired) electrons. The average Bonchev–Trinajstić information content (AvgIpc) is 3.63. The van der Waals surface area contributed by atoms with Gasteiger partial charge in [-0.3, -0.25) is 34.3 Å². The minimum atomic E-state index is -2.48. The number of hydrogen-bond donors (Lipinski definition) is 2. The summed E-state index contributed by atoms with van der Waals surface area (Å²) in [6, 6.07) is 19.3. The molecule has 0 bridgehead atoms. The third-order valence-corrected chi connectivity index (χ3v) is 14.9. The van der Waals surface area contributed by atoms with Crippen molar-refractivity contribution < 1.29 is 33.2 Å². The number of aromatic nitrogens is 2. The smallest absolute Gasteiger partial charge is 0.255 e. The summed E-state index contributed by atoms with van der Waals surface area (Å²) < 4.78 is 24.9. The highest BCUT2D eigenvalue weighted by molar-refractivity contribution is 7.70. The van der Waals surface area contributed by atoms with Crippen molar-refractivity contribution in [2.75, 3.05) is 84.3 Å². The van der Waals surface area contributed by atoms with Crippen LogP contribution in [-0.4, -0.2) is 140 Å². The third-order valence-electron chi connectivity index (χ3n) is 13.0. The summed E-state index contributed by atoms with van der Waals surface area (Å²) in [6.45, 7) is 10.4. The van der Waals surface area contributed by atoms with E-state index in [4.69, 9.17) is 26.1 Å². The van der Waals surface area contributed by atoms with E-state index in [2.05, 4.69) is 48.5 Å². The number of ether oxygens (including phenoxy) is 2. The first-order valence-corrected chi connectivity index (χ1v) is 25.5. The van der Waals surface area contributed by atoms with Crippen LogP contribution in [0.3, 0.4) is 0 Å². The molecule has 4 aliphatic rings. The Hall–Kier alpha value is -5.34. The molecule has 15 nitrogen and oxygen atoms in total. The van der Waals surface area contributed by atoms with Crippen molar-refractivity contribution in [1.82, 2.24) is 35.3 Å². The number of imide groups is 1. The van der Waals surface area contributed by atoms with Crippen LogP contribution in [0, 0.1) is 0 Å². The van der Waals surface area contributed by atoms with Gasteiger partial charge in [0.1, 0.15) is 30.5 Å². The number of nitrogens with one attached hydrogen (secondary N) is 2. The molecule has 344 valence electrons. The van der Waals surface area contributed by atoms with Gasteiger partial charge in [0.05, 0.1) is 37.5 Å². The number of halogens is 1. The molecule has 1 aromatic heterocycles. The predicted octanol–water partition coefficient (Wildman–Crippen LogP) is 4.50. The maximum atomic E-state index is 13.1. The van der Waals surface area contributed by atoms with Crippen LogP contribution in [0.25, 0.3) is 0 Å². The van der Waals surface area contributed by atoms with Gasteiger partial charge in [-0.15, -0.1) is 0 Å². The van der Waals surface area contributed by atoms with Crippen LogP contribution in [0.1, 0.15) is 70.7 Å². The van der Waals surface area contributed by atoms with E-state index in [0.717, 1.165) is 85.5 Å². The number of benzene rings is 3. The Labute approximate surface area is 385 Å². The maximum Gasteiger partial charge on any atom is 0.255 e. The lowest BCUT2D eigenvalue weighted by Crippen LogP contribution is -2.54. The molecule has 65 heavy (non-hydrogen) atoms. The fraction of sp³-hybridized carbons (Fsp3) is 0.458. The second-order valence-corrected chi connectivity index (χ2v) is 21.3. The number of carbonyl (C=O) groups excluding carboxylic acids is 4. The number of methoxy groups -OCH3 is 1. The minimum Gasteiger partial charge on any atom is -0.496 e. The molecule has 1 unspecified atom stereocenters. The van der Waals surface area contributed by atoms with Gasteiger partial charge in [0.2, 0.25) is 17.7 Å². The van der Waals surface area contributed by atoms with Crippen LogP contribution >= 0.6 is 18.7 Å². The largest absolute Gasteiger partial charge is 0.496 e. The van der Waals surface area contributed by atoms with Crippen LogP contribution < -0.4 is 30.3 Å². The zero-order valence-electron chi connectivity index (χ0n) is 37.4. The van der Waals surface area contributed by atoms with Gasteiger partial charge in [0, 0.05) is 111 Å². The van der Waals surface area contributed by atoms with Gasteiger partial charge in [-0.25, -0.2) is 9.97 Å². The molecule has 4 aliphatic heterocycles. The maximum absolute atomic E-state index is 13.1. The summed E-state index contributed by atoms with van der Waals surface area (Å²) in [5.74, 6) is 1.02. The standard InChI is InChI=1S/C48H58ClN8O7P/c1-63-42-28-35(13-12-32(42)27-44-51-29-38(49)39(52-44)26-33-8-4-5-11-43(33)65(2,3)62)55-19-16-34(17-20-55)56-23-21-54(22-24-56)31-46(59)50-18-7-25-64-41-10-6-9-36-37(41)30-57(48(36)61)40-14-15-45(58)53-47(40)60/h4-6,8-13,28-29,34,40H,7,14-27,30-31H2,1-3H3,(H,50,59)(H,53,58,60). The lowest BCUT2D eigenvalue weighted by molar-refractivity contribution is -0.137. The summed E-state index contributed by atoms with van der Waals surface area (Å²) in [5, 5.41) is 6.69. The van der Waals surface area contributed by atoms with E-state index in [1.807, 2.05) is 30.3 Å². The van der Waals surface area contributed by atoms with Crippen molar-refractivity contribution in [1.29, 1.82) is 0 Å². The van der Waals surface area contributed by atoms with Gasteiger partial charge in [-0.2, -0.15) is 0 Å². The molecule has 8 rings (SSSR count). The van der Waals surface area contributed by atoms with Crippen molar-refractivity contribution in [2.24, 2.45) is 0 Å². The van der Waals surface area contributed by atoms with Gasteiger partial charge in [-0.1, -0.05) is 48.0 Å². The summed E-state index contributed by atoms with van der Waals surface area (Å²) in [5.41, 5.74) is 5.02. The molecule has 17 heteroatoms. The van der Waals surface area contributed by atoms with E-state index in [9.17, 15) is 23.7 Å². The summed E-state index contributed by atoms with van der Waals surface area (Å²) in [4.78, 5) is 68.2. The molecule has 0 saturated carbocycles. The van der Waals surface area contributed by atoms with Crippen LogP contribution in [0.5, 0.6) is 11.5 Å². The highest BCUT2D eigenvalue weighted by atomic mass is 35.5. The molecule has 0 aliphatic carbocycles. The highest BCUT2D eigenvalue weighted by Gasteiger charge is 2.40. The quantitative estimate of drug-likeness (QED) is 0.0920. The first kappa shape index (κ1) is 46.2. The fourth-order valence-corrected chi connectivity index (χ4v) is 10.9. The van der Waals surface area contributed by atoms with Gasteiger partial charge in [-0.05, 0) is 62.8 Å². The number of rotatable bonds is 16. The number of piperidine rings is 2. The first-order valence-electron chi connectivity index (χ1n) is 22.5. The van der Waals surface area contributed by atoms with E-state index >= 15 is 0 Å². The third kappa shape index (κ3) is 11.0. The molecular weight excluding hydrogens is 867 g/mol. The topological polar surface area (TPSA) is 167 Å². The van der Waals surface area contributed by atoms with E-state index in [0.29, 0.717) is 79.3 Å². The molecule has 2 N–H and O–H groups in total. The van der Waals surface area contributed by atoms with Gasteiger partial charge in [0.25, 0.3) is 5.91 Å². The number of amides is 4. The summed E-state index contributed by atoms with van der Waals surface area (Å²) >= 11 is 6.57. The van der Waals surface area contributed by atoms with Crippen molar-refractivity contribution in [3.8, 4) is 11.5 Å². The molecule has 4 amide bonds. The Bertz CT molecular complexity index is 2470. The Morgan fingerprint density at radius 2 is 1.71 bits per heavy atom. The number of hydrogen-bond acceptors (Lipinski definition) is 12. The molecule has 5 heterocycles. The van der Waals surface area contributed by atoms with E-state index in [1.165, 1.54) is 4.90 Å². The Balaban J connectivity index is 0.744. The summed E-state index contributed by atoms with van der Waals surface area (Å²) in [6.07, 6.45) is 5.83. The van der Waals surface area contributed by atoms with Crippen molar-refractivity contribution in [3.05, 3.63) is 106 Å². The van der Waals surface area contributed by atoms with Crippen molar-refractivity contribution >= 4 is 53.4 Å². The average molecular weight is 925 g/mol. The van der Waals surface area contributed by atoms with Gasteiger partial charge in [0.15, 0.2) is 0 Å². The highest BCUT2D eigenvalue weighted by Crippen LogP contribution is 2.37. The lowest BCUT2D eigenvalue weighted by Gasteiger charge is -2.43. The SMILES string of the molecule is COc1cc(N2CCC(N3CCN(CC(=O)NCCCOc4cccc5c4CN(C4CCC(=O)NC4=O)C5=O)CC3)CC2)ccc1Cc1ncc(Cl)c(Cc2ccccc2P(C)(C)=O)n1. The molecule has 0 spiro atoms. The lowest BCUT2D eigenvalue weighted by atomic mass is 10.0. The first-order chi connectivity index (χ1) is 31.3. The molecular formula is C48H58ClN8O7P. The zero-order valence-corrected chi connectivity index (χ0v) is 39.0. The molecule has 3 aromatic carbocycles. The van der Waals surface area contributed by atoms with Crippen LogP contribution in [-0.2, 0) is 38.3 Å². The second kappa shape index (κ2) is 20.4. The number of nitrogens with zero attached hydrogens (tertiary/aromatic N) is 6. The minimum absolute atomic E-state index is 0.00623. The van der Waals surface area contributed by atoms with Gasteiger partial charge < -0.3 is 29.2 Å². The van der Waals surface area contributed by atoms with E-state index in [-0.39, 0.29) is 30.7 Å². The van der Waals surface area contributed by atoms with E-state index < -0.39 is 19.1 Å². The molecule has 3 saturated heterocycles. The number of fused-ring (bicyclic) bond motifs is 1. The molecule has 4 aromatic rings. The number of carbonyl (C=O) groups is 4. The monoisotopic (exact) mass is 924 g/mol. The van der Waals surface area contributed by atoms with Crippen LogP contribution in [0.15, 0.2) is 66.9 Å². The predicted molar refractivity (Wildman–Crippen MR) is 250 cm³/mol. The van der Waals surface area contributed by atoms with Crippen molar-refractivity contribution in [3.63, 3.8) is 0 Å². The Kier molecular flexibility index (Phi) is 14.5. The van der Waals surface area contributed by atoms with E-state index in [1.54, 1.807) is 38.8 Å². The summed E-state index contributed by atoms with van der Waals surface area (Å²) in [7, 11) is -0.787. The van der Waals surface area contributed by atoms with Gasteiger partial charge >= 0.3 is 0 Å². The number of anilines is 1. The molecule has 1 atom stereocenters. The Morgan fingerprint density at radius 1 is 0.923 bits per heavy atom. The van der Waals surface area contributed by atoms with Crippen molar-refractivity contribution in [2.45, 2.75) is 63.6 Å². The van der Waals surface area contributed by atoms with Crippen LogP contribution in [0.2, 0.25) is 5.02 Å². The fourth-order valence-electron chi connectivity index (χ4n) is 9.47.